The van der Waals surface area contributed by atoms with Crippen molar-refractivity contribution in [2.24, 2.45) is 11.5 Å². The highest BCUT2D eigenvalue weighted by atomic mass is 16.5. The summed E-state index contributed by atoms with van der Waals surface area (Å²) in [7, 11) is 1.58. The molecule has 254 valence electrons. The molecule has 4 amide bonds. The van der Waals surface area contributed by atoms with Crippen molar-refractivity contribution in [3.63, 3.8) is 0 Å². The Kier molecular flexibility index (Phi) is 19.9. The molecule has 4 atom stereocenters. The first kappa shape index (κ1) is 39.4. The second-order valence-electron chi connectivity index (χ2n) is 10.3. The minimum atomic E-state index is -1.12. The van der Waals surface area contributed by atoms with Gasteiger partial charge < -0.3 is 51.8 Å². The maximum Gasteiger partial charge on any atom is 0.245 e. The molecule has 16 nitrogen and oxygen atoms in total. The summed E-state index contributed by atoms with van der Waals surface area (Å²) >= 11 is 0. The fourth-order valence-corrected chi connectivity index (χ4v) is 3.81. The van der Waals surface area contributed by atoms with E-state index in [9.17, 15) is 34.2 Å². The highest BCUT2D eigenvalue weighted by Crippen LogP contribution is 2.12. The molecule has 0 aliphatic heterocycles. The van der Waals surface area contributed by atoms with Crippen LogP contribution in [0.15, 0.2) is 24.3 Å². The molecule has 0 aliphatic carbocycles. The lowest BCUT2D eigenvalue weighted by atomic mass is 10.0. The zero-order valence-electron chi connectivity index (χ0n) is 25.9. The molecule has 0 saturated heterocycles. The molecule has 0 heterocycles. The predicted octanol–water partition coefficient (Wildman–Crippen LogP) is -2.78. The van der Waals surface area contributed by atoms with Crippen LogP contribution in [0.4, 0.5) is 0 Å². The van der Waals surface area contributed by atoms with E-state index in [-0.39, 0.29) is 44.3 Å². The van der Waals surface area contributed by atoms with E-state index in [0.29, 0.717) is 44.8 Å². The van der Waals surface area contributed by atoms with E-state index in [0.717, 1.165) is 0 Å². The van der Waals surface area contributed by atoms with Crippen molar-refractivity contribution >= 4 is 29.4 Å². The third-order valence-corrected chi connectivity index (χ3v) is 6.54. The average Bonchev–Trinajstić information content (AvgIpc) is 3.00. The van der Waals surface area contributed by atoms with Crippen molar-refractivity contribution in [3.8, 4) is 5.75 Å². The molecule has 0 bridgehead atoms. The van der Waals surface area contributed by atoms with Gasteiger partial charge >= 0.3 is 0 Å². The Labute approximate surface area is 262 Å². The molecular weight excluding hydrogens is 592 g/mol. The number of phenols is 1. The van der Waals surface area contributed by atoms with Gasteiger partial charge in [-0.05, 0) is 43.9 Å². The van der Waals surface area contributed by atoms with Crippen LogP contribution in [0.1, 0.15) is 31.7 Å². The summed E-state index contributed by atoms with van der Waals surface area (Å²) in [4.78, 5) is 61.7. The van der Waals surface area contributed by atoms with E-state index in [1.54, 1.807) is 19.2 Å². The Morgan fingerprint density at radius 3 is 2.22 bits per heavy atom. The number of ether oxygens (including phenoxy) is 3. The van der Waals surface area contributed by atoms with E-state index in [1.165, 1.54) is 19.1 Å². The Morgan fingerprint density at radius 2 is 1.58 bits per heavy atom. The van der Waals surface area contributed by atoms with Gasteiger partial charge in [-0.15, -0.1) is 0 Å². The fourth-order valence-electron chi connectivity index (χ4n) is 3.81. The highest BCUT2D eigenvalue weighted by molar-refractivity contribution is 5.94. The Balaban J connectivity index is 2.56. The van der Waals surface area contributed by atoms with Crippen LogP contribution in [0, 0.1) is 0 Å². The van der Waals surface area contributed by atoms with Crippen molar-refractivity contribution in [3.05, 3.63) is 29.8 Å². The number of unbranched alkanes of at least 4 members (excludes halogenated alkanes) is 1. The van der Waals surface area contributed by atoms with Crippen LogP contribution in [0.2, 0.25) is 0 Å². The topological polar surface area (TPSA) is 254 Å². The number of hydrogen-bond acceptors (Lipinski definition) is 12. The van der Waals surface area contributed by atoms with E-state index < -0.39 is 54.3 Å². The smallest absolute Gasteiger partial charge is 0.245 e. The summed E-state index contributed by atoms with van der Waals surface area (Å²) in [6.07, 6.45) is 1.42. The lowest BCUT2D eigenvalue weighted by Gasteiger charge is -2.23. The van der Waals surface area contributed by atoms with Gasteiger partial charge in [0.05, 0.1) is 51.7 Å². The second kappa shape index (κ2) is 22.8. The standard InChI is InChI=1S/C29H48N6O10/c1-19(25(38)16-33-24(17-36)27(31)40)34-29(42)23(15-20-6-8-21(37)9-7-20)35-28(41)22(30)5-3-4-10-32-26(39)18-45-14-13-44-12-11-43-2/h6-9,19,22-24,33,36-37H,3-5,10-18,30H2,1-2H3,(H2,31,40)(H,32,39)(H,34,42)(H,35,41)/t19-,22+,23+,24+/m1/s1. The molecule has 0 fully saturated rings. The predicted molar refractivity (Wildman–Crippen MR) is 163 cm³/mol. The van der Waals surface area contributed by atoms with Crippen molar-refractivity contribution in [1.82, 2.24) is 21.3 Å². The lowest BCUT2D eigenvalue weighted by molar-refractivity contribution is -0.131. The number of primary amides is 1. The molecule has 1 aromatic rings. The number of carbonyl (C=O) groups is 5. The third kappa shape index (κ3) is 17.4. The molecule has 0 unspecified atom stereocenters. The number of phenolic OH excluding ortho intramolecular Hbond substituents is 1. The Morgan fingerprint density at radius 1 is 0.911 bits per heavy atom. The van der Waals surface area contributed by atoms with Crippen LogP contribution in [0.5, 0.6) is 5.75 Å². The third-order valence-electron chi connectivity index (χ3n) is 6.54. The van der Waals surface area contributed by atoms with Crippen LogP contribution in [-0.2, 0) is 44.6 Å². The normalized spacial score (nSPS) is 13.7. The molecule has 0 aliphatic rings. The number of aliphatic hydroxyl groups is 1. The van der Waals surface area contributed by atoms with Gasteiger partial charge in [0.1, 0.15) is 24.4 Å². The Bertz CT molecular complexity index is 1060. The highest BCUT2D eigenvalue weighted by Gasteiger charge is 2.27. The van der Waals surface area contributed by atoms with Gasteiger partial charge in [0.15, 0.2) is 5.78 Å². The quantitative estimate of drug-likeness (QED) is 0.0506. The minimum absolute atomic E-state index is 0.0294. The zero-order chi connectivity index (χ0) is 33.6. The number of nitrogens with two attached hydrogens (primary N) is 2. The van der Waals surface area contributed by atoms with Gasteiger partial charge in [-0.3, -0.25) is 29.3 Å². The van der Waals surface area contributed by atoms with Crippen LogP contribution in [-0.4, -0.2) is 124 Å². The zero-order valence-corrected chi connectivity index (χ0v) is 25.9. The van der Waals surface area contributed by atoms with Gasteiger partial charge in [0.2, 0.25) is 23.6 Å². The van der Waals surface area contributed by atoms with Crippen LogP contribution in [0.3, 0.4) is 0 Å². The van der Waals surface area contributed by atoms with E-state index in [4.69, 9.17) is 25.7 Å². The number of ketones is 1. The number of carbonyl (C=O) groups excluding carboxylic acids is 5. The Hall–Kier alpha value is -3.67. The number of hydrogen-bond donors (Lipinski definition) is 8. The number of benzene rings is 1. The molecule has 10 N–H and O–H groups in total. The van der Waals surface area contributed by atoms with Crippen molar-refractivity contribution in [2.45, 2.75) is 56.8 Å². The van der Waals surface area contributed by atoms with E-state index in [2.05, 4.69) is 21.3 Å². The van der Waals surface area contributed by atoms with Gasteiger partial charge in [-0.2, -0.15) is 0 Å². The minimum Gasteiger partial charge on any atom is -0.508 e. The molecule has 1 rings (SSSR count). The number of Topliss-reactive ketones (excluding diaryl/α,β-unsaturated/α-hetero) is 1. The van der Waals surface area contributed by atoms with Crippen LogP contribution < -0.4 is 32.7 Å². The van der Waals surface area contributed by atoms with Crippen LogP contribution in [0.25, 0.3) is 0 Å². The van der Waals surface area contributed by atoms with E-state index in [1.807, 2.05) is 0 Å². The summed E-state index contributed by atoms with van der Waals surface area (Å²) in [5.41, 5.74) is 11.8. The molecule has 1 aromatic carbocycles. The monoisotopic (exact) mass is 640 g/mol. The molecule has 16 heteroatoms. The number of methoxy groups -OCH3 is 1. The average molecular weight is 641 g/mol. The molecule has 0 radical (unpaired) electrons. The lowest BCUT2D eigenvalue weighted by Crippen LogP contribution is -2.55. The summed E-state index contributed by atoms with van der Waals surface area (Å²) in [6.45, 7) is 2.33. The van der Waals surface area contributed by atoms with Crippen molar-refractivity contribution < 1.29 is 48.4 Å². The number of rotatable bonds is 25. The largest absolute Gasteiger partial charge is 0.508 e. The SMILES string of the molecule is COCCOCCOCC(=O)NCCCC[C@H](N)C(=O)N[C@@H](Cc1ccc(O)cc1)C(=O)N[C@H](C)C(=O)CN[C@@H](CO)C(N)=O. The van der Waals surface area contributed by atoms with Crippen molar-refractivity contribution in [2.75, 3.05) is 59.8 Å². The number of nitrogens with one attached hydrogen (secondary N) is 4. The van der Waals surface area contributed by atoms with Crippen molar-refractivity contribution in [1.29, 1.82) is 0 Å². The van der Waals surface area contributed by atoms with Gasteiger partial charge in [0.25, 0.3) is 0 Å². The first-order valence-electron chi connectivity index (χ1n) is 14.7. The second-order valence-corrected chi connectivity index (χ2v) is 10.3. The van der Waals surface area contributed by atoms with Gasteiger partial charge in [0, 0.05) is 20.1 Å². The first-order chi connectivity index (χ1) is 21.5. The van der Waals surface area contributed by atoms with Gasteiger partial charge in [-0.25, -0.2) is 0 Å². The van der Waals surface area contributed by atoms with E-state index >= 15 is 0 Å². The summed E-state index contributed by atoms with van der Waals surface area (Å²) < 4.78 is 15.3. The number of amides is 4. The molecular formula is C29H48N6O10. The fraction of sp³-hybridized carbons (Fsp3) is 0.621. The molecule has 45 heavy (non-hydrogen) atoms. The number of aliphatic hydroxyl groups excluding tert-OH is 1. The maximum absolute atomic E-state index is 13.1. The summed E-state index contributed by atoms with van der Waals surface area (Å²) in [5.74, 6) is -2.79. The maximum atomic E-state index is 13.1. The number of aromatic hydroxyl groups is 1. The molecule has 0 spiro atoms. The molecule has 0 aromatic heterocycles. The van der Waals surface area contributed by atoms with Gasteiger partial charge in [-0.1, -0.05) is 12.1 Å². The molecule has 0 saturated carbocycles. The van der Waals surface area contributed by atoms with Crippen LogP contribution >= 0.6 is 0 Å². The summed E-state index contributed by atoms with van der Waals surface area (Å²) in [6, 6.07) is 1.91. The summed E-state index contributed by atoms with van der Waals surface area (Å²) in [5, 5.41) is 29.2. The first-order valence-corrected chi connectivity index (χ1v) is 14.7.